The van der Waals surface area contributed by atoms with Crippen LogP contribution in [0.25, 0.3) is 0 Å². The smallest absolute Gasteiger partial charge is 0.399 e. The van der Waals surface area contributed by atoms with Crippen molar-refractivity contribution in [2.24, 2.45) is 0 Å². The van der Waals surface area contributed by atoms with Gasteiger partial charge in [0.05, 0.1) is 10.6 Å². The molecule has 3 rings (SSSR count). The summed E-state index contributed by atoms with van der Waals surface area (Å²) in [7, 11) is -4.92. The topological polar surface area (TPSA) is 122 Å². The number of hydrogen-bond donors (Lipinski definition) is 3. The van der Waals surface area contributed by atoms with Crippen LogP contribution in [0.1, 0.15) is 0 Å². The normalized spacial score (nSPS) is 20.1. The van der Waals surface area contributed by atoms with Crippen molar-refractivity contribution < 1.29 is 35.6 Å². The van der Waals surface area contributed by atoms with E-state index in [1.807, 2.05) is 0 Å². The predicted molar refractivity (Wildman–Crippen MR) is 92.4 cm³/mol. The van der Waals surface area contributed by atoms with E-state index in [2.05, 4.69) is 0 Å². The van der Waals surface area contributed by atoms with Gasteiger partial charge in [-0.25, -0.2) is 22.5 Å². The molecule has 0 aliphatic carbocycles. The Balaban J connectivity index is 2.06. The first-order chi connectivity index (χ1) is 13.4. The number of rotatable bonds is 4. The van der Waals surface area contributed by atoms with Crippen LogP contribution in [0.15, 0.2) is 53.4 Å². The average Bonchev–Trinajstić information content (AvgIpc) is 2.87. The Morgan fingerprint density at radius 3 is 2.07 bits per heavy atom. The first kappa shape index (κ1) is 20.5. The number of sulfonamides is 1. The number of nitrogens with zero attached hydrogens (tertiary/aromatic N) is 1. The SMILES string of the molecule is Nc1ccc(S(=O)(=O)N[C@]2(C(F)(F)F)NC(=O)N(c3ccc(F)cc3)C2=O)cc1. The minimum absolute atomic E-state index is 0.0679. The third kappa shape index (κ3) is 3.49. The highest BCUT2D eigenvalue weighted by Crippen LogP contribution is 2.37. The van der Waals surface area contributed by atoms with E-state index in [4.69, 9.17) is 5.73 Å². The van der Waals surface area contributed by atoms with E-state index in [9.17, 15) is 35.6 Å². The van der Waals surface area contributed by atoms with Crippen LogP contribution in [0.4, 0.5) is 33.7 Å². The summed E-state index contributed by atoms with van der Waals surface area (Å²) in [6, 6.07) is 6.02. The Bertz CT molecular complexity index is 1070. The van der Waals surface area contributed by atoms with E-state index in [-0.39, 0.29) is 16.3 Å². The van der Waals surface area contributed by atoms with Crippen LogP contribution in [0.3, 0.4) is 0 Å². The molecule has 1 fully saturated rings. The number of imide groups is 1. The molecule has 2 aromatic carbocycles. The Hall–Kier alpha value is -3.19. The standard InChI is InChI=1S/C16H12F4N4O4S/c17-9-1-5-11(6-2-9)24-13(25)15(16(18,19)20,22-14(24)26)23-29(27,28)12-7-3-10(21)4-8-12/h1-8,23H,21H2,(H,22,26)/t15-/m1/s1. The van der Waals surface area contributed by atoms with Crippen LogP contribution in [-0.4, -0.2) is 32.2 Å². The number of hydrogen-bond acceptors (Lipinski definition) is 5. The fourth-order valence-corrected chi connectivity index (χ4v) is 3.85. The van der Waals surface area contributed by atoms with Crippen molar-refractivity contribution in [1.82, 2.24) is 10.0 Å². The summed E-state index contributed by atoms with van der Waals surface area (Å²) in [4.78, 5) is 24.2. The van der Waals surface area contributed by atoms with Crippen molar-refractivity contribution in [2.75, 3.05) is 10.6 Å². The first-order valence-corrected chi connectivity index (χ1v) is 9.24. The van der Waals surface area contributed by atoms with Gasteiger partial charge in [0.2, 0.25) is 10.0 Å². The first-order valence-electron chi connectivity index (χ1n) is 7.76. The third-order valence-corrected chi connectivity index (χ3v) is 5.48. The second-order valence-corrected chi connectivity index (χ2v) is 7.65. The number of amides is 3. The van der Waals surface area contributed by atoms with Gasteiger partial charge in [0.25, 0.3) is 11.6 Å². The largest absolute Gasteiger partial charge is 0.435 e. The molecule has 1 aliphatic heterocycles. The van der Waals surface area contributed by atoms with E-state index >= 15 is 0 Å². The fourth-order valence-electron chi connectivity index (χ4n) is 2.58. The van der Waals surface area contributed by atoms with Crippen LogP contribution in [0.2, 0.25) is 0 Å². The van der Waals surface area contributed by atoms with Gasteiger partial charge in [-0.1, -0.05) is 0 Å². The summed E-state index contributed by atoms with van der Waals surface area (Å²) >= 11 is 0. The number of nitrogens with one attached hydrogen (secondary N) is 2. The second-order valence-electron chi connectivity index (χ2n) is 5.97. The highest BCUT2D eigenvalue weighted by Gasteiger charge is 2.69. The average molecular weight is 432 g/mol. The fraction of sp³-hybridized carbons (Fsp3) is 0.125. The van der Waals surface area contributed by atoms with Gasteiger partial charge in [0, 0.05) is 5.69 Å². The van der Waals surface area contributed by atoms with Gasteiger partial charge in [0.15, 0.2) is 0 Å². The Morgan fingerprint density at radius 1 is 1.00 bits per heavy atom. The van der Waals surface area contributed by atoms with Crippen molar-refractivity contribution in [2.45, 2.75) is 16.7 Å². The zero-order valence-corrected chi connectivity index (χ0v) is 15.0. The minimum atomic E-state index is -5.55. The van der Waals surface area contributed by atoms with E-state index in [1.165, 1.54) is 10.0 Å². The lowest BCUT2D eigenvalue weighted by molar-refractivity contribution is -0.194. The molecular formula is C16H12F4N4O4S. The number of urea groups is 1. The number of anilines is 2. The van der Waals surface area contributed by atoms with E-state index in [0.717, 1.165) is 48.5 Å². The zero-order valence-electron chi connectivity index (χ0n) is 14.2. The molecule has 13 heteroatoms. The lowest BCUT2D eigenvalue weighted by Gasteiger charge is -2.29. The molecule has 0 unspecified atom stereocenters. The third-order valence-electron chi connectivity index (χ3n) is 4.01. The molecule has 0 aromatic heterocycles. The van der Waals surface area contributed by atoms with Gasteiger partial charge >= 0.3 is 12.2 Å². The highest BCUT2D eigenvalue weighted by atomic mass is 32.2. The predicted octanol–water partition coefficient (Wildman–Crippen LogP) is 1.70. The molecule has 0 saturated carbocycles. The maximum atomic E-state index is 13.8. The quantitative estimate of drug-likeness (QED) is 0.386. The number of nitrogens with two attached hydrogens (primary N) is 1. The summed E-state index contributed by atoms with van der Waals surface area (Å²) < 4.78 is 80.7. The number of carbonyl (C=O) groups excluding carboxylic acids is 2. The summed E-state index contributed by atoms with van der Waals surface area (Å²) in [5.41, 5.74) is 1.24. The van der Waals surface area contributed by atoms with Gasteiger partial charge in [-0.2, -0.15) is 17.9 Å². The monoisotopic (exact) mass is 432 g/mol. The van der Waals surface area contributed by atoms with E-state index in [1.54, 1.807) is 0 Å². The molecule has 3 amide bonds. The molecule has 4 N–H and O–H groups in total. The second kappa shape index (κ2) is 6.70. The molecule has 0 spiro atoms. The van der Waals surface area contributed by atoms with Crippen molar-refractivity contribution in [3.05, 3.63) is 54.3 Å². The molecule has 29 heavy (non-hydrogen) atoms. The van der Waals surface area contributed by atoms with Gasteiger partial charge in [0.1, 0.15) is 5.82 Å². The van der Waals surface area contributed by atoms with Crippen LogP contribution in [-0.2, 0) is 14.8 Å². The molecule has 154 valence electrons. The van der Waals surface area contributed by atoms with Gasteiger partial charge in [-0.15, -0.1) is 0 Å². The van der Waals surface area contributed by atoms with Gasteiger partial charge < -0.3 is 11.1 Å². The summed E-state index contributed by atoms with van der Waals surface area (Å²) in [6.07, 6.45) is -5.55. The van der Waals surface area contributed by atoms with Crippen molar-refractivity contribution in [3.8, 4) is 0 Å². The van der Waals surface area contributed by atoms with Gasteiger partial charge in [-0.3, -0.25) is 4.79 Å². The van der Waals surface area contributed by atoms with Crippen LogP contribution >= 0.6 is 0 Å². The number of halogens is 4. The molecule has 2 aromatic rings. The van der Waals surface area contributed by atoms with Gasteiger partial charge in [-0.05, 0) is 48.5 Å². The number of benzene rings is 2. The van der Waals surface area contributed by atoms with Crippen molar-refractivity contribution in [3.63, 3.8) is 0 Å². The number of carbonyl (C=O) groups is 2. The zero-order chi connectivity index (χ0) is 21.6. The molecular weight excluding hydrogens is 420 g/mol. The molecule has 1 heterocycles. The maximum absolute atomic E-state index is 13.8. The van der Waals surface area contributed by atoms with Crippen LogP contribution < -0.4 is 20.7 Å². The molecule has 1 aliphatic rings. The van der Waals surface area contributed by atoms with Crippen molar-refractivity contribution in [1.29, 1.82) is 0 Å². The molecule has 0 radical (unpaired) electrons. The van der Waals surface area contributed by atoms with Crippen LogP contribution in [0.5, 0.6) is 0 Å². The molecule has 1 atom stereocenters. The lowest BCUT2D eigenvalue weighted by Crippen LogP contribution is -2.69. The Morgan fingerprint density at radius 2 is 1.55 bits per heavy atom. The number of alkyl halides is 3. The van der Waals surface area contributed by atoms with E-state index in [0.29, 0.717) is 0 Å². The molecule has 8 nitrogen and oxygen atoms in total. The molecule has 1 saturated heterocycles. The van der Waals surface area contributed by atoms with Crippen molar-refractivity contribution >= 4 is 33.3 Å². The Labute approximate surface area is 161 Å². The highest BCUT2D eigenvalue weighted by molar-refractivity contribution is 7.89. The summed E-state index contributed by atoms with van der Waals surface area (Å²) in [5.74, 6) is -2.70. The maximum Gasteiger partial charge on any atom is 0.435 e. The lowest BCUT2D eigenvalue weighted by atomic mass is 10.1. The minimum Gasteiger partial charge on any atom is -0.399 e. The summed E-state index contributed by atoms with van der Waals surface area (Å²) in [5, 5.41) is 1.36. The molecule has 0 bridgehead atoms. The summed E-state index contributed by atoms with van der Waals surface area (Å²) in [6.45, 7) is 0. The van der Waals surface area contributed by atoms with E-state index < -0.39 is 44.5 Å². The Kier molecular flexibility index (Phi) is 4.75. The number of nitrogen functional groups attached to an aromatic ring is 1. The van der Waals surface area contributed by atoms with Crippen LogP contribution in [0, 0.1) is 5.82 Å².